The smallest absolute Gasteiger partial charge is 0.170 e. The average molecular weight is 385 g/mol. The van der Waals surface area contributed by atoms with Crippen LogP contribution < -0.4 is 15.4 Å². The van der Waals surface area contributed by atoms with Gasteiger partial charge < -0.3 is 15.4 Å². The number of thiocarbonyl (C=S) groups is 1. The van der Waals surface area contributed by atoms with E-state index >= 15 is 0 Å². The molecule has 0 aliphatic heterocycles. The summed E-state index contributed by atoms with van der Waals surface area (Å²) >= 11 is 5.53. The van der Waals surface area contributed by atoms with Crippen molar-refractivity contribution in [3.8, 4) is 11.5 Å². The summed E-state index contributed by atoms with van der Waals surface area (Å²) < 4.78 is 6.12. The number of ether oxygens (including phenoxy) is 1. The molecule has 2 N–H and O–H groups in total. The van der Waals surface area contributed by atoms with E-state index in [2.05, 4.69) is 57.4 Å². The van der Waals surface area contributed by atoms with Crippen LogP contribution >= 0.6 is 12.2 Å². The molecule has 0 bridgehead atoms. The minimum atomic E-state index is 0.350. The van der Waals surface area contributed by atoms with Gasteiger partial charge in [-0.1, -0.05) is 59.2 Å². The monoisotopic (exact) mass is 384 g/mol. The summed E-state index contributed by atoms with van der Waals surface area (Å²) in [5, 5.41) is 7.45. The molecule has 0 aliphatic rings. The van der Waals surface area contributed by atoms with Crippen LogP contribution in [0.1, 0.15) is 70.4 Å². The van der Waals surface area contributed by atoms with Gasteiger partial charge in [0.15, 0.2) is 5.11 Å². The molecule has 27 heavy (non-hydrogen) atoms. The average Bonchev–Trinajstić information content (AvgIpc) is 2.63. The van der Waals surface area contributed by atoms with Crippen LogP contribution in [0.4, 0.5) is 5.69 Å². The second-order valence-corrected chi connectivity index (χ2v) is 7.84. The van der Waals surface area contributed by atoms with Crippen LogP contribution in [0.15, 0.2) is 42.5 Å². The van der Waals surface area contributed by atoms with Gasteiger partial charge in [-0.2, -0.15) is 0 Å². The maximum atomic E-state index is 6.12. The van der Waals surface area contributed by atoms with Gasteiger partial charge in [0, 0.05) is 12.2 Å². The van der Waals surface area contributed by atoms with E-state index in [1.54, 1.807) is 0 Å². The van der Waals surface area contributed by atoms with E-state index in [1.807, 2.05) is 30.3 Å². The molecule has 0 aliphatic carbocycles. The van der Waals surface area contributed by atoms with Gasteiger partial charge in [0.25, 0.3) is 0 Å². The molecule has 0 radical (unpaired) electrons. The third-order valence-electron chi connectivity index (χ3n) is 4.45. The first-order valence-electron chi connectivity index (χ1n) is 9.88. The van der Waals surface area contributed by atoms with Crippen molar-refractivity contribution < 1.29 is 4.74 Å². The van der Waals surface area contributed by atoms with Gasteiger partial charge >= 0.3 is 0 Å². The van der Waals surface area contributed by atoms with Crippen LogP contribution in [0.25, 0.3) is 0 Å². The summed E-state index contributed by atoms with van der Waals surface area (Å²) in [4.78, 5) is 0. The molecule has 0 amide bonds. The maximum absolute atomic E-state index is 6.12. The van der Waals surface area contributed by atoms with E-state index in [0.717, 1.165) is 36.6 Å². The molecule has 4 heteroatoms. The van der Waals surface area contributed by atoms with Crippen molar-refractivity contribution in [2.75, 3.05) is 11.9 Å². The SMILES string of the molecule is CCCCNC(=S)Nc1c(C(C)C)cc(Oc2ccccc2)cc1C(C)C. The van der Waals surface area contributed by atoms with Crippen molar-refractivity contribution in [1.29, 1.82) is 0 Å². The molecular formula is C23H32N2OS. The lowest BCUT2D eigenvalue weighted by Crippen LogP contribution is -2.30. The second kappa shape index (κ2) is 10.3. The molecule has 2 aromatic rings. The van der Waals surface area contributed by atoms with Crippen LogP contribution in [0.2, 0.25) is 0 Å². The van der Waals surface area contributed by atoms with E-state index in [1.165, 1.54) is 11.1 Å². The van der Waals surface area contributed by atoms with Gasteiger partial charge in [0.2, 0.25) is 0 Å². The Bertz CT molecular complexity index is 712. The Morgan fingerprint density at radius 1 is 0.963 bits per heavy atom. The number of hydrogen-bond acceptors (Lipinski definition) is 2. The van der Waals surface area contributed by atoms with Gasteiger partial charge in [-0.3, -0.25) is 0 Å². The molecule has 0 saturated heterocycles. The zero-order valence-electron chi connectivity index (χ0n) is 17.1. The zero-order valence-corrected chi connectivity index (χ0v) is 18.0. The Kier molecular flexibility index (Phi) is 8.11. The minimum absolute atomic E-state index is 0.350. The first-order valence-corrected chi connectivity index (χ1v) is 10.3. The largest absolute Gasteiger partial charge is 0.457 e. The van der Waals surface area contributed by atoms with Gasteiger partial charge in [0.05, 0.1) is 0 Å². The van der Waals surface area contributed by atoms with Crippen molar-refractivity contribution in [2.24, 2.45) is 0 Å². The fraction of sp³-hybridized carbons (Fsp3) is 0.435. The highest BCUT2D eigenvalue weighted by Crippen LogP contribution is 2.37. The first-order chi connectivity index (χ1) is 12.9. The van der Waals surface area contributed by atoms with Gasteiger partial charge in [-0.15, -0.1) is 0 Å². The minimum Gasteiger partial charge on any atom is -0.457 e. The summed E-state index contributed by atoms with van der Waals surface area (Å²) in [6, 6.07) is 14.2. The standard InChI is InChI=1S/C23H32N2OS/c1-6-7-13-24-23(27)25-22-20(16(2)3)14-19(15-21(22)17(4)5)26-18-11-9-8-10-12-18/h8-12,14-17H,6-7,13H2,1-5H3,(H2,24,25,27). The Morgan fingerprint density at radius 3 is 2.07 bits per heavy atom. The summed E-state index contributed by atoms with van der Waals surface area (Å²) in [6.07, 6.45) is 2.26. The van der Waals surface area contributed by atoms with Crippen LogP contribution in [0.3, 0.4) is 0 Å². The van der Waals surface area contributed by atoms with Crippen LogP contribution in [-0.2, 0) is 0 Å². The summed E-state index contributed by atoms with van der Waals surface area (Å²) in [6.45, 7) is 11.9. The van der Waals surface area contributed by atoms with Crippen molar-refractivity contribution in [3.05, 3.63) is 53.6 Å². The summed E-state index contributed by atoms with van der Waals surface area (Å²) in [5.74, 6) is 2.41. The number of rotatable bonds is 8. The summed E-state index contributed by atoms with van der Waals surface area (Å²) in [7, 11) is 0. The van der Waals surface area contributed by atoms with Crippen molar-refractivity contribution in [2.45, 2.75) is 59.3 Å². The maximum Gasteiger partial charge on any atom is 0.170 e. The van der Waals surface area contributed by atoms with Crippen LogP contribution in [0, 0.1) is 0 Å². The van der Waals surface area contributed by atoms with Gasteiger partial charge in [0.1, 0.15) is 11.5 Å². The highest BCUT2D eigenvalue weighted by atomic mass is 32.1. The molecule has 0 heterocycles. The van der Waals surface area contributed by atoms with E-state index in [0.29, 0.717) is 16.9 Å². The number of hydrogen-bond donors (Lipinski definition) is 2. The normalized spacial score (nSPS) is 10.9. The fourth-order valence-corrected chi connectivity index (χ4v) is 3.14. The first kappa shape index (κ1) is 21.2. The van der Waals surface area contributed by atoms with Crippen molar-refractivity contribution in [1.82, 2.24) is 5.32 Å². The molecule has 0 atom stereocenters. The number of benzene rings is 2. The van der Waals surface area contributed by atoms with Crippen LogP contribution in [0.5, 0.6) is 11.5 Å². The number of unbranched alkanes of at least 4 members (excludes halogenated alkanes) is 1. The number of nitrogens with one attached hydrogen (secondary N) is 2. The Hall–Kier alpha value is -2.07. The number of para-hydroxylation sites is 1. The molecular weight excluding hydrogens is 352 g/mol. The molecule has 0 aromatic heterocycles. The predicted octanol–water partition coefficient (Wildman–Crippen LogP) is 6.81. The second-order valence-electron chi connectivity index (χ2n) is 7.44. The molecule has 3 nitrogen and oxygen atoms in total. The molecule has 2 aromatic carbocycles. The Labute approximate surface area is 169 Å². The van der Waals surface area contributed by atoms with E-state index in [4.69, 9.17) is 17.0 Å². The molecule has 2 rings (SSSR count). The quantitative estimate of drug-likeness (QED) is 0.387. The van der Waals surface area contributed by atoms with Crippen LogP contribution in [-0.4, -0.2) is 11.7 Å². The van der Waals surface area contributed by atoms with E-state index < -0.39 is 0 Å². The molecule has 146 valence electrons. The lowest BCUT2D eigenvalue weighted by Gasteiger charge is -2.23. The molecule has 0 fully saturated rings. The molecule has 0 spiro atoms. The lowest BCUT2D eigenvalue weighted by atomic mass is 9.92. The molecule has 0 unspecified atom stereocenters. The van der Waals surface area contributed by atoms with E-state index in [9.17, 15) is 0 Å². The highest BCUT2D eigenvalue weighted by Gasteiger charge is 2.18. The number of anilines is 1. The lowest BCUT2D eigenvalue weighted by molar-refractivity contribution is 0.480. The third-order valence-corrected chi connectivity index (χ3v) is 4.70. The molecule has 0 saturated carbocycles. The Balaban J connectivity index is 2.35. The topological polar surface area (TPSA) is 33.3 Å². The predicted molar refractivity (Wildman–Crippen MR) is 120 cm³/mol. The van der Waals surface area contributed by atoms with Gasteiger partial charge in [-0.05, 0) is 65.9 Å². The fourth-order valence-electron chi connectivity index (χ4n) is 2.93. The Morgan fingerprint density at radius 2 is 1.56 bits per heavy atom. The van der Waals surface area contributed by atoms with Crippen molar-refractivity contribution in [3.63, 3.8) is 0 Å². The zero-order chi connectivity index (χ0) is 19.8. The third kappa shape index (κ3) is 6.24. The van der Waals surface area contributed by atoms with E-state index in [-0.39, 0.29) is 0 Å². The van der Waals surface area contributed by atoms with Crippen molar-refractivity contribution >= 4 is 23.0 Å². The summed E-state index contributed by atoms with van der Waals surface area (Å²) in [5.41, 5.74) is 3.54. The van der Waals surface area contributed by atoms with Gasteiger partial charge in [-0.25, -0.2) is 0 Å². The highest BCUT2D eigenvalue weighted by molar-refractivity contribution is 7.80.